The van der Waals surface area contributed by atoms with Crippen LogP contribution < -0.4 is 11.5 Å². The number of hydrogen-bond donors (Lipinski definition) is 2. The van der Waals surface area contributed by atoms with E-state index in [0.29, 0.717) is 0 Å². The smallest absolute Gasteiger partial charge is 0.0460 e. The van der Waals surface area contributed by atoms with Gasteiger partial charge in [-0.15, -0.1) is 0 Å². The standard InChI is InChI=1S/C21H28N2/c22-20(18-9-5-2-6-10-18)15-21(23)19-13-11-17(12-14-19)16-7-3-1-4-8-16/h3,7-9,11-13,15,19-20H,1-2,4-6,10,14,22-23H2/b21-15-. The van der Waals surface area contributed by atoms with Crippen LogP contribution in [0.2, 0.25) is 0 Å². The highest BCUT2D eigenvalue weighted by atomic mass is 14.7. The van der Waals surface area contributed by atoms with Crippen molar-refractivity contribution in [2.75, 3.05) is 0 Å². The van der Waals surface area contributed by atoms with Crippen LogP contribution in [0.3, 0.4) is 0 Å². The minimum absolute atomic E-state index is 0.0157. The minimum atomic E-state index is -0.0157. The van der Waals surface area contributed by atoms with Crippen molar-refractivity contribution < 1.29 is 0 Å². The molecular formula is C21H28N2. The first-order valence-electron chi connectivity index (χ1n) is 8.91. The van der Waals surface area contributed by atoms with Gasteiger partial charge in [0.2, 0.25) is 0 Å². The Hall–Kier alpha value is -1.80. The van der Waals surface area contributed by atoms with Crippen molar-refractivity contribution >= 4 is 0 Å². The van der Waals surface area contributed by atoms with Gasteiger partial charge in [-0.05, 0) is 62.2 Å². The van der Waals surface area contributed by atoms with E-state index in [0.717, 1.165) is 37.8 Å². The Bertz CT molecular complexity index is 614. The molecule has 0 aliphatic heterocycles. The summed E-state index contributed by atoms with van der Waals surface area (Å²) in [5, 5.41) is 0. The van der Waals surface area contributed by atoms with Gasteiger partial charge in [-0.3, -0.25) is 0 Å². The number of hydrogen-bond acceptors (Lipinski definition) is 2. The minimum Gasteiger partial charge on any atom is -0.402 e. The topological polar surface area (TPSA) is 52.0 Å². The van der Waals surface area contributed by atoms with Crippen LogP contribution in [0, 0.1) is 5.92 Å². The highest BCUT2D eigenvalue weighted by molar-refractivity contribution is 5.49. The summed E-state index contributed by atoms with van der Waals surface area (Å²) in [6, 6.07) is -0.0157. The maximum Gasteiger partial charge on any atom is 0.0460 e. The van der Waals surface area contributed by atoms with Crippen LogP contribution in [0.4, 0.5) is 0 Å². The van der Waals surface area contributed by atoms with E-state index in [1.807, 2.05) is 0 Å². The Labute approximate surface area is 140 Å². The normalized spacial score (nSPS) is 26.4. The van der Waals surface area contributed by atoms with Gasteiger partial charge in [-0.25, -0.2) is 0 Å². The lowest BCUT2D eigenvalue weighted by molar-refractivity contribution is 0.663. The van der Waals surface area contributed by atoms with E-state index in [9.17, 15) is 0 Å². The van der Waals surface area contributed by atoms with Crippen molar-refractivity contribution in [3.05, 3.63) is 71.0 Å². The summed E-state index contributed by atoms with van der Waals surface area (Å²) >= 11 is 0. The molecule has 0 spiro atoms. The first kappa shape index (κ1) is 16.1. The summed E-state index contributed by atoms with van der Waals surface area (Å²) < 4.78 is 0. The van der Waals surface area contributed by atoms with Gasteiger partial charge in [0.05, 0.1) is 0 Å². The summed E-state index contributed by atoms with van der Waals surface area (Å²) in [6.07, 6.45) is 26.0. The van der Waals surface area contributed by atoms with Gasteiger partial charge < -0.3 is 11.5 Å². The Balaban J connectivity index is 1.62. The lowest BCUT2D eigenvalue weighted by Gasteiger charge is -2.21. The zero-order chi connectivity index (χ0) is 16.1. The van der Waals surface area contributed by atoms with Crippen LogP contribution in [0.1, 0.15) is 44.9 Å². The van der Waals surface area contributed by atoms with Crippen molar-refractivity contribution in [2.24, 2.45) is 17.4 Å². The summed E-state index contributed by atoms with van der Waals surface area (Å²) in [6.45, 7) is 0. The Morgan fingerprint density at radius 1 is 1.04 bits per heavy atom. The molecule has 2 atom stereocenters. The summed E-state index contributed by atoms with van der Waals surface area (Å²) in [4.78, 5) is 0. The molecule has 0 aromatic carbocycles. The van der Waals surface area contributed by atoms with Gasteiger partial charge in [0.25, 0.3) is 0 Å². The lowest BCUT2D eigenvalue weighted by Crippen LogP contribution is -2.24. The highest BCUT2D eigenvalue weighted by Crippen LogP contribution is 2.28. The molecule has 3 aliphatic carbocycles. The lowest BCUT2D eigenvalue weighted by atomic mass is 9.88. The molecule has 122 valence electrons. The molecule has 2 unspecified atom stereocenters. The quantitative estimate of drug-likeness (QED) is 0.755. The molecule has 0 saturated carbocycles. The molecule has 0 fully saturated rings. The van der Waals surface area contributed by atoms with Crippen LogP contribution in [0.5, 0.6) is 0 Å². The van der Waals surface area contributed by atoms with Crippen molar-refractivity contribution in [2.45, 2.75) is 51.0 Å². The summed E-state index contributed by atoms with van der Waals surface area (Å²) in [5.41, 5.74) is 17.6. The first-order chi connectivity index (χ1) is 11.2. The molecule has 0 aromatic rings. The van der Waals surface area contributed by atoms with Crippen LogP contribution in [0.15, 0.2) is 71.0 Å². The fourth-order valence-electron chi connectivity index (χ4n) is 3.51. The van der Waals surface area contributed by atoms with Crippen LogP contribution in [-0.4, -0.2) is 6.04 Å². The van der Waals surface area contributed by atoms with Gasteiger partial charge in [0, 0.05) is 17.7 Å². The average Bonchev–Trinajstić information content (AvgIpc) is 2.63. The SMILES string of the molecule is N/C(=C\C(N)C1=CCCCC1)C1C=CC(C2=CCCC=C2)=CC1. The molecule has 0 aromatic heterocycles. The van der Waals surface area contributed by atoms with E-state index in [-0.39, 0.29) is 12.0 Å². The zero-order valence-electron chi connectivity index (χ0n) is 13.9. The number of allylic oxidation sites excluding steroid dienone is 9. The van der Waals surface area contributed by atoms with E-state index in [2.05, 4.69) is 48.6 Å². The fraction of sp³-hybridized carbons (Fsp3) is 0.429. The van der Waals surface area contributed by atoms with Crippen molar-refractivity contribution in [1.29, 1.82) is 0 Å². The van der Waals surface area contributed by atoms with Gasteiger partial charge in [0.1, 0.15) is 0 Å². The van der Waals surface area contributed by atoms with Crippen LogP contribution >= 0.6 is 0 Å². The van der Waals surface area contributed by atoms with Crippen molar-refractivity contribution in [3.63, 3.8) is 0 Å². The fourth-order valence-corrected chi connectivity index (χ4v) is 3.51. The van der Waals surface area contributed by atoms with E-state index in [4.69, 9.17) is 11.5 Å². The summed E-state index contributed by atoms with van der Waals surface area (Å²) in [7, 11) is 0. The Morgan fingerprint density at radius 3 is 2.57 bits per heavy atom. The van der Waals surface area contributed by atoms with Gasteiger partial charge in [-0.1, -0.05) is 48.1 Å². The predicted octanol–water partition coefficient (Wildman–Crippen LogP) is 4.44. The van der Waals surface area contributed by atoms with E-state index < -0.39 is 0 Å². The van der Waals surface area contributed by atoms with Crippen molar-refractivity contribution in [3.8, 4) is 0 Å². The van der Waals surface area contributed by atoms with Crippen molar-refractivity contribution in [1.82, 2.24) is 0 Å². The molecule has 2 heteroatoms. The second-order valence-electron chi connectivity index (χ2n) is 6.72. The predicted molar refractivity (Wildman–Crippen MR) is 98.6 cm³/mol. The third-order valence-corrected chi connectivity index (χ3v) is 4.98. The van der Waals surface area contributed by atoms with Gasteiger partial charge in [-0.2, -0.15) is 0 Å². The second-order valence-corrected chi connectivity index (χ2v) is 6.72. The molecule has 0 amide bonds. The Kier molecular flexibility index (Phi) is 5.35. The molecule has 4 N–H and O–H groups in total. The van der Waals surface area contributed by atoms with E-state index >= 15 is 0 Å². The van der Waals surface area contributed by atoms with Crippen LogP contribution in [0.25, 0.3) is 0 Å². The third-order valence-electron chi connectivity index (χ3n) is 4.98. The largest absolute Gasteiger partial charge is 0.402 e. The molecule has 23 heavy (non-hydrogen) atoms. The molecule has 0 radical (unpaired) electrons. The maximum absolute atomic E-state index is 6.32. The van der Waals surface area contributed by atoms with Gasteiger partial charge >= 0.3 is 0 Å². The molecule has 3 aliphatic rings. The molecule has 2 nitrogen and oxygen atoms in total. The third kappa shape index (κ3) is 4.14. The van der Waals surface area contributed by atoms with E-state index in [1.54, 1.807) is 0 Å². The monoisotopic (exact) mass is 308 g/mol. The average molecular weight is 308 g/mol. The molecule has 0 bridgehead atoms. The number of rotatable bonds is 4. The Morgan fingerprint density at radius 2 is 1.91 bits per heavy atom. The second kappa shape index (κ2) is 7.65. The highest BCUT2D eigenvalue weighted by Gasteiger charge is 2.16. The zero-order valence-corrected chi connectivity index (χ0v) is 13.9. The molecule has 0 heterocycles. The molecular weight excluding hydrogens is 280 g/mol. The number of nitrogens with two attached hydrogens (primary N) is 2. The first-order valence-corrected chi connectivity index (χ1v) is 8.91. The van der Waals surface area contributed by atoms with E-state index in [1.165, 1.54) is 29.6 Å². The van der Waals surface area contributed by atoms with Gasteiger partial charge in [0.15, 0.2) is 0 Å². The summed E-state index contributed by atoms with van der Waals surface area (Å²) in [5.74, 6) is 0.280. The molecule has 3 rings (SSSR count). The molecule has 0 saturated heterocycles. The maximum atomic E-state index is 6.32. The van der Waals surface area contributed by atoms with Crippen LogP contribution in [-0.2, 0) is 0 Å².